The second-order valence-corrected chi connectivity index (χ2v) is 5.17. The number of hydrogen-bond donors (Lipinski definition) is 1. The van der Waals surface area contributed by atoms with Gasteiger partial charge in [-0.1, -0.05) is 25.4 Å². The molecule has 0 unspecified atom stereocenters. The highest BCUT2D eigenvalue weighted by Gasteiger charge is 2.40. The van der Waals surface area contributed by atoms with Gasteiger partial charge in [0.2, 0.25) is 0 Å². The van der Waals surface area contributed by atoms with Crippen LogP contribution in [-0.2, 0) is 6.42 Å². The first-order chi connectivity index (χ1) is 7.14. The van der Waals surface area contributed by atoms with Crippen LogP contribution in [0.2, 0.25) is 5.02 Å². The van der Waals surface area contributed by atoms with Crippen LogP contribution in [0.1, 0.15) is 19.4 Å². The summed E-state index contributed by atoms with van der Waals surface area (Å²) in [6.45, 7) is 6.78. The van der Waals surface area contributed by atoms with Crippen molar-refractivity contribution in [1.29, 1.82) is 0 Å². The number of nitrogens with one attached hydrogen (secondary N) is 1. The van der Waals surface area contributed by atoms with Gasteiger partial charge in [0.1, 0.15) is 0 Å². The van der Waals surface area contributed by atoms with Crippen molar-refractivity contribution in [3.63, 3.8) is 0 Å². The van der Waals surface area contributed by atoms with Gasteiger partial charge in [0.05, 0.1) is 5.02 Å². The van der Waals surface area contributed by atoms with E-state index in [1.165, 1.54) is 5.56 Å². The Labute approximate surface area is 96.1 Å². The fourth-order valence-electron chi connectivity index (χ4n) is 2.11. The van der Waals surface area contributed by atoms with E-state index >= 15 is 0 Å². The quantitative estimate of drug-likeness (QED) is 0.854. The molecule has 0 atom stereocenters. The van der Waals surface area contributed by atoms with Crippen LogP contribution in [-0.4, -0.2) is 18.1 Å². The molecule has 1 fully saturated rings. The predicted octanol–water partition coefficient (Wildman–Crippen LogP) is 2.52. The van der Waals surface area contributed by atoms with Gasteiger partial charge in [-0.3, -0.25) is 4.98 Å². The van der Waals surface area contributed by atoms with Crippen molar-refractivity contribution in [3.05, 3.63) is 29.0 Å². The normalized spacial score (nSPS) is 18.9. The zero-order chi connectivity index (χ0) is 10.9. The molecule has 3 heteroatoms. The third kappa shape index (κ3) is 2.01. The van der Waals surface area contributed by atoms with Crippen LogP contribution in [0, 0.1) is 11.3 Å². The first-order valence-corrected chi connectivity index (χ1v) is 5.81. The molecular formula is C12H17ClN2. The second-order valence-electron chi connectivity index (χ2n) is 4.76. The molecule has 1 saturated heterocycles. The summed E-state index contributed by atoms with van der Waals surface area (Å²) < 4.78 is 0. The summed E-state index contributed by atoms with van der Waals surface area (Å²) in [7, 11) is 0. The van der Waals surface area contributed by atoms with Crippen molar-refractivity contribution in [2.75, 3.05) is 13.1 Å². The molecule has 0 spiro atoms. The van der Waals surface area contributed by atoms with E-state index in [9.17, 15) is 0 Å². The molecule has 1 aliphatic heterocycles. The maximum atomic E-state index is 6.13. The number of hydrogen-bond acceptors (Lipinski definition) is 2. The van der Waals surface area contributed by atoms with Gasteiger partial charge in [-0.15, -0.1) is 0 Å². The van der Waals surface area contributed by atoms with Crippen molar-refractivity contribution in [2.45, 2.75) is 20.3 Å². The van der Waals surface area contributed by atoms with Crippen LogP contribution in [0.15, 0.2) is 18.5 Å². The first-order valence-electron chi connectivity index (χ1n) is 5.43. The van der Waals surface area contributed by atoms with E-state index in [-0.39, 0.29) is 0 Å². The van der Waals surface area contributed by atoms with E-state index in [0.29, 0.717) is 11.3 Å². The number of pyridine rings is 1. The fourth-order valence-corrected chi connectivity index (χ4v) is 2.30. The first kappa shape index (κ1) is 10.9. The lowest BCUT2D eigenvalue weighted by atomic mass is 9.68. The molecule has 0 bridgehead atoms. The zero-order valence-electron chi connectivity index (χ0n) is 9.26. The van der Waals surface area contributed by atoms with Crippen LogP contribution in [0.3, 0.4) is 0 Å². The maximum absolute atomic E-state index is 6.13. The van der Waals surface area contributed by atoms with Crippen LogP contribution in [0.4, 0.5) is 0 Å². The SMILES string of the molecule is CC(C)C1(Cc2ccncc2Cl)CNC1. The summed E-state index contributed by atoms with van der Waals surface area (Å²) in [4.78, 5) is 4.02. The smallest absolute Gasteiger partial charge is 0.0621 e. The van der Waals surface area contributed by atoms with Gasteiger partial charge in [0.25, 0.3) is 0 Å². The third-order valence-corrected chi connectivity index (χ3v) is 3.92. The van der Waals surface area contributed by atoms with Crippen molar-refractivity contribution < 1.29 is 0 Å². The number of aromatic nitrogens is 1. The summed E-state index contributed by atoms with van der Waals surface area (Å²) in [6, 6.07) is 2.03. The number of nitrogens with zero attached hydrogens (tertiary/aromatic N) is 1. The van der Waals surface area contributed by atoms with Gasteiger partial charge in [0, 0.05) is 30.9 Å². The van der Waals surface area contributed by atoms with Gasteiger partial charge in [-0.25, -0.2) is 0 Å². The highest BCUT2D eigenvalue weighted by atomic mass is 35.5. The van der Waals surface area contributed by atoms with E-state index in [1.54, 1.807) is 6.20 Å². The molecule has 2 nitrogen and oxygen atoms in total. The molecule has 1 aromatic rings. The molecule has 1 aromatic heterocycles. The highest BCUT2D eigenvalue weighted by Crippen LogP contribution is 2.36. The third-order valence-electron chi connectivity index (χ3n) is 3.58. The molecule has 0 aliphatic carbocycles. The van der Waals surface area contributed by atoms with E-state index < -0.39 is 0 Å². The summed E-state index contributed by atoms with van der Waals surface area (Å²) in [6.07, 6.45) is 4.61. The molecule has 2 heterocycles. The minimum atomic E-state index is 0.394. The van der Waals surface area contributed by atoms with Gasteiger partial charge >= 0.3 is 0 Å². The Kier molecular flexibility index (Phi) is 2.98. The largest absolute Gasteiger partial charge is 0.315 e. The summed E-state index contributed by atoms with van der Waals surface area (Å²) >= 11 is 6.13. The monoisotopic (exact) mass is 224 g/mol. The summed E-state index contributed by atoms with van der Waals surface area (Å²) in [5.41, 5.74) is 1.62. The van der Waals surface area contributed by atoms with Crippen LogP contribution in [0.25, 0.3) is 0 Å². The molecular weight excluding hydrogens is 208 g/mol. The average Bonchev–Trinajstić information content (AvgIpc) is 2.13. The van der Waals surface area contributed by atoms with Crippen LogP contribution < -0.4 is 5.32 Å². The topological polar surface area (TPSA) is 24.9 Å². The van der Waals surface area contributed by atoms with E-state index in [4.69, 9.17) is 11.6 Å². The molecule has 0 radical (unpaired) electrons. The Balaban J connectivity index is 2.17. The second kappa shape index (κ2) is 4.11. The predicted molar refractivity (Wildman–Crippen MR) is 63.1 cm³/mol. The summed E-state index contributed by atoms with van der Waals surface area (Å²) in [5.74, 6) is 0.683. The number of rotatable bonds is 3. The van der Waals surface area contributed by atoms with Crippen LogP contribution in [0.5, 0.6) is 0 Å². The minimum absolute atomic E-state index is 0.394. The minimum Gasteiger partial charge on any atom is -0.315 e. The highest BCUT2D eigenvalue weighted by molar-refractivity contribution is 6.31. The summed E-state index contributed by atoms with van der Waals surface area (Å²) in [5, 5.41) is 4.16. The van der Waals surface area contributed by atoms with E-state index in [1.807, 2.05) is 12.3 Å². The van der Waals surface area contributed by atoms with Crippen molar-refractivity contribution in [3.8, 4) is 0 Å². The van der Waals surface area contributed by atoms with Crippen LogP contribution >= 0.6 is 11.6 Å². The standard InChI is InChI=1S/C12H17ClN2/c1-9(2)12(7-15-8-12)5-10-3-4-14-6-11(10)13/h3-4,6,9,15H,5,7-8H2,1-2H3. The fraction of sp³-hybridized carbons (Fsp3) is 0.583. The Morgan fingerprint density at radius 3 is 2.73 bits per heavy atom. The van der Waals surface area contributed by atoms with E-state index in [0.717, 1.165) is 24.5 Å². The maximum Gasteiger partial charge on any atom is 0.0621 e. The van der Waals surface area contributed by atoms with E-state index in [2.05, 4.69) is 24.1 Å². The Hall–Kier alpha value is -0.600. The number of halogens is 1. The zero-order valence-corrected chi connectivity index (χ0v) is 10.0. The van der Waals surface area contributed by atoms with Gasteiger partial charge in [-0.05, 0) is 24.0 Å². The lowest BCUT2D eigenvalue weighted by molar-refractivity contribution is 0.0995. The van der Waals surface area contributed by atoms with Gasteiger partial charge < -0.3 is 5.32 Å². The molecule has 1 N–H and O–H groups in total. The lowest BCUT2D eigenvalue weighted by Gasteiger charge is -2.46. The molecule has 15 heavy (non-hydrogen) atoms. The molecule has 82 valence electrons. The molecule has 1 aliphatic rings. The van der Waals surface area contributed by atoms with Crippen molar-refractivity contribution in [2.24, 2.45) is 11.3 Å². The Bertz CT molecular complexity index is 345. The molecule has 2 rings (SSSR count). The van der Waals surface area contributed by atoms with Gasteiger partial charge in [-0.2, -0.15) is 0 Å². The van der Waals surface area contributed by atoms with Gasteiger partial charge in [0.15, 0.2) is 0 Å². The molecule has 0 aromatic carbocycles. The molecule has 0 saturated carbocycles. The molecule has 0 amide bonds. The van der Waals surface area contributed by atoms with Crippen molar-refractivity contribution >= 4 is 11.6 Å². The average molecular weight is 225 g/mol. The van der Waals surface area contributed by atoms with Crippen molar-refractivity contribution in [1.82, 2.24) is 10.3 Å². The lowest BCUT2D eigenvalue weighted by Crippen LogP contribution is -2.57. The Morgan fingerprint density at radius 2 is 2.27 bits per heavy atom. The Morgan fingerprint density at radius 1 is 1.53 bits per heavy atom.